The third kappa shape index (κ3) is 6.17. The molecular weight excluding hydrogens is 296 g/mol. The number of aliphatic hydroxyl groups is 1. The molecule has 1 aromatic carbocycles. The fraction of sp³-hybridized carbons (Fsp3) is 0.588. The monoisotopic (exact) mass is 322 g/mol. The van der Waals surface area contributed by atoms with E-state index in [1.165, 1.54) is 0 Å². The Morgan fingerprint density at radius 2 is 2.35 bits per heavy atom. The van der Waals surface area contributed by atoms with Crippen LogP contribution in [0.3, 0.4) is 0 Å². The first-order valence-corrected chi connectivity index (χ1v) is 8.07. The maximum atomic E-state index is 11.9. The van der Waals surface area contributed by atoms with Gasteiger partial charge in [0.1, 0.15) is 5.75 Å². The molecule has 1 saturated heterocycles. The van der Waals surface area contributed by atoms with Gasteiger partial charge in [-0.2, -0.15) is 0 Å². The summed E-state index contributed by atoms with van der Waals surface area (Å²) in [6.45, 7) is 6.08. The zero-order valence-corrected chi connectivity index (χ0v) is 13.7. The number of hydrogen-bond donors (Lipinski definition) is 3. The summed E-state index contributed by atoms with van der Waals surface area (Å²) in [6, 6.07) is 7.35. The van der Waals surface area contributed by atoms with Crippen molar-refractivity contribution in [1.82, 2.24) is 10.6 Å². The van der Waals surface area contributed by atoms with Crippen LogP contribution in [-0.2, 0) is 9.53 Å². The van der Waals surface area contributed by atoms with Crippen LogP contribution in [0.5, 0.6) is 5.75 Å². The van der Waals surface area contributed by atoms with E-state index in [0.29, 0.717) is 25.4 Å². The van der Waals surface area contributed by atoms with E-state index in [-0.39, 0.29) is 24.6 Å². The molecule has 1 aliphatic heterocycles. The maximum Gasteiger partial charge on any atom is 0.221 e. The second-order valence-electron chi connectivity index (χ2n) is 5.99. The molecule has 0 bridgehead atoms. The van der Waals surface area contributed by atoms with Gasteiger partial charge in [-0.3, -0.25) is 4.79 Å². The van der Waals surface area contributed by atoms with E-state index in [9.17, 15) is 9.90 Å². The molecule has 0 aliphatic carbocycles. The highest BCUT2D eigenvalue weighted by molar-refractivity contribution is 5.76. The average molecular weight is 322 g/mol. The number of rotatable bonds is 7. The lowest BCUT2D eigenvalue weighted by Crippen LogP contribution is -2.44. The average Bonchev–Trinajstić information content (AvgIpc) is 2.53. The van der Waals surface area contributed by atoms with Gasteiger partial charge < -0.3 is 25.2 Å². The Balaban J connectivity index is 1.79. The van der Waals surface area contributed by atoms with E-state index in [0.717, 1.165) is 12.1 Å². The van der Waals surface area contributed by atoms with Crippen LogP contribution in [0.1, 0.15) is 31.9 Å². The van der Waals surface area contributed by atoms with Crippen molar-refractivity contribution in [3.63, 3.8) is 0 Å². The quantitative estimate of drug-likeness (QED) is 0.698. The van der Waals surface area contributed by atoms with Crippen LogP contribution in [0.2, 0.25) is 0 Å². The van der Waals surface area contributed by atoms with E-state index >= 15 is 0 Å². The van der Waals surface area contributed by atoms with Crippen LogP contribution in [0.25, 0.3) is 0 Å². The van der Waals surface area contributed by atoms with E-state index in [2.05, 4.69) is 10.6 Å². The van der Waals surface area contributed by atoms with Crippen LogP contribution in [0, 0.1) is 0 Å². The predicted octanol–water partition coefficient (Wildman–Crippen LogP) is 1.00. The van der Waals surface area contributed by atoms with Gasteiger partial charge in [0.15, 0.2) is 0 Å². The Bertz CT molecular complexity index is 501. The van der Waals surface area contributed by atoms with Crippen molar-refractivity contribution in [2.75, 3.05) is 26.3 Å². The minimum atomic E-state index is -0.759. The Labute approximate surface area is 137 Å². The summed E-state index contributed by atoms with van der Waals surface area (Å²) in [6.07, 6.45) is -0.332. The van der Waals surface area contributed by atoms with Crippen molar-refractivity contribution in [3.05, 3.63) is 29.8 Å². The topological polar surface area (TPSA) is 79.8 Å². The molecule has 128 valence electrons. The second kappa shape index (κ2) is 8.86. The summed E-state index contributed by atoms with van der Waals surface area (Å²) in [4.78, 5) is 11.9. The van der Waals surface area contributed by atoms with Crippen molar-refractivity contribution in [2.24, 2.45) is 0 Å². The number of carbonyl (C=O) groups excluding carboxylic acids is 1. The van der Waals surface area contributed by atoms with E-state index in [1.807, 2.05) is 32.0 Å². The van der Waals surface area contributed by atoms with Gasteiger partial charge in [0, 0.05) is 25.6 Å². The number of ether oxygens (including phenoxy) is 2. The first-order valence-electron chi connectivity index (χ1n) is 8.07. The summed E-state index contributed by atoms with van der Waals surface area (Å²) in [5.74, 6) is 0.619. The van der Waals surface area contributed by atoms with Crippen molar-refractivity contribution < 1.29 is 19.4 Å². The first-order chi connectivity index (χ1) is 11.0. The molecule has 0 radical (unpaired) electrons. The number of nitrogens with one attached hydrogen (secondary N) is 2. The largest absolute Gasteiger partial charge is 0.491 e. The number of morpholine rings is 1. The highest BCUT2D eigenvalue weighted by atomic mass is 16.5. The molecule has 1 fully saturated rings. The maximum absolute atomic E-state index is 11.9. The lowest BCUT2D eigenvalue weighted by atomic mass is 10.1. The van der Waals surface area contributed by atoms with Gasteiger partial charge in [0.05, 0.1) is 25.4 Å². The first kappa shape index (κ1) is 17.7. The summed E-state index contributed by atoms with van der Waals surface area (Å²) in [5.41, 5.74) is 0.725. The van der Waals surface area contributed by atoms with Gasteiger partial charge in [-0.25, -0.2) is 0 Å². The van der Waals surface area contributed by atoms with Crippen molar-refractivity contribution >= 4 is 5.91 Å². The van der Waals surface area contributed by atoms with Crippen LogP contribution >= 0.6 is 0 Å². The van der Waals surface area contributed by atoms with Crippen molar-refractivity contribution in [3.8, 4) is 5.75 Å². The smallest absolute Gasteiger partial charge is 0.221 e. The highest BCUT2D eigenvalue weighted by Gasteiger charge is 2.17. The van der Waals surface area contributed by atoms with Crippen LogP contribution in [-0.4, -0.2) is 49.5 Å². The molecule has 1 aromatic rings. The SMILES string of the molecule is CC(C)Oc1cccc(C(O)CNC(=O)CC2COCCN2)c1. The molecule has 1 heterocycles. The number of aliphatic hydroxyl groups excluding tert-OH is 1. The van der Waals surface area contributed by atoms with Crippen LogP contribution in [0.4, 0.5) is 0 Å². The molecule has 2 atom stereocenters. The zero-order chi connectivity index (χ0) is 16.7. The fourth-order valence-electron chi connectivity index (χ4n) is 2.44. The molecule has 1 amide bonds. The van der Waals surface area contributed by atoms with Gasteiger partial charge in [-0.05, 0) is 31.5 Å². The molecule has 2 unspecified atom stereocenters. The lowest BCUT2D eigenvalue weighted by Gasteiger charge is -2.23. The molecule has 23 heavy (non-hydrogen) atoms. The Morgan fingerprint density at radius 1 is 1.52 bits per heavy atom. The summed E-state index contributed by atoms with van der Waals surface area (Å²) in [7, 11) is 0. The molecule has 2 rings (SSSR count). The molecule has 6 heteroatoms. The van der Waals surface area contributed by atoms with Crippen molar-refractivity contribution in [2.45, 2.75) is 38.5 Å². The predicted molar refractivity (Wildman–Crippen MR) is 87.4 cm³/mol. The normalized spacial score (nSPS) is 19.4. The number of benzene rings is 1. The Kier molecular flexibility index (Phi) is 6.83. The van der Waals surface area contributed by atoms with E-state index in [1.54, 1.807) is 6.07 Å². The third-order valence-corrected chi connectivity index (χ3v) is 3.54. The summed E-state index contributed by atoms with van der Waals surface area (Å²) >= 11 is 0. The van der Waals surface area contributed by atoms with Crippen LogP contribution in [0.15, 0.2) is 24.3 Å². The van der Waals surface area contributed by atoms with E-state index < -0.39 is 6.10 Å². The van der Waals surface area contributed by atoms with Gasteiger partial charge >= 0.3 is 0 Å². The minimum absolute atomic E-state index is 0.0451. The summed E-state index contributed by atoms with van der Waals surface area (Å²) in [5, 5.41) is 16.2. The third-order valence-electron chi connectivity index (χ3n) is 3.54. The number of carbonyl (C=O) groups is 1. The number of amides is 1. The molecule has 3 N–H and O–H groups in total. The fourth-order valence-corrected chi connectivity index (χ4v) is 2.44. The molecule has 0 spiro atoms. The molecule has 0 saturated carbocycles. The Hall–Kier alpha value is -1.63. The van der Waals surface area contributed by atoms with Crippen LogP contribution < -0.4 is 15.4 Å². The highest BCUT2D eigenvalue weighted by Crippen LogP contribution is 2.20. The van der Waals surface area contributed by atoms with E-state index in [4.69, 9.17) is 9.47 Å². The van der Waals surface area contributed by atoms with Gasteiger partial charge in [0.2, 0.25) is 5.91 Å². The summed E-state index contributed by atoms with van der Waals surface area (Å²) < 4.78 is 10.9. The lowest BCUT2D eigenvalue weighted by molar-refractivity contribution is -0.122. The zero-order valence-electron chi connectivity index (χ0n) is 13.7. The molecule has 0 aromatic heterocycles. The minimum Gasteiger partial charge on any atom is -0.491 e. The van der Waals surface area contributed by atoms with Gasteiger partial charge in [-0.15, -0.1) is 0 Å². The molecule has 1 aliphatic rings. The Morgan fingerprint density at radius 3 is 3.04 bits per heavy atom. The standard InChI is InChI=1S/C17H26N2O4/c1-12(2)23-15-5-3-4-13(8-15)16(20)10-19-17(21)9-14-11-22-7-6-18-14/h3-5,8,12,14,16,18,20H,6-7,9-11H2,1-2H3,(H,19,21). The van der Waals surface area contributed by atoms with Crippen molar-refractivity contribution in [1.29, 1.82) is 0 Å². The number of hydrogen-bond acceptors (Lipinski definition) is 5. The van der Waals surface area contributed by atoms with Gasteiger partial charge in [0.25, 0.3) is 0 Å². The second-order valence-corrected chi connectivity index (χ2v) is 5.99. The van der Waals surface area contributed by atoms with Gasteiger partial charge in [-0.1, -0.05) is 12.1 Å². The molecule has 6 nitrogen and oxygen atoms in total. The molecular formula is C17H26N2O4.